The molecule has 1 N–H and O–H groups in total. The van der Waals surface area contributed by atoms with Gasteiger partial charge in [-0.2, -0.15) is 0 Å². The van der Waals surface area contributed by atoms with Gasteiger partial charge in [0.1, 0.15) is 0 Å². The zero-order valence-corrected chi connectivity index (χ0v) is 9.96. The third-order valence-electron chi connectivity index (χ3n) is 3.88. The molecule has 0 aliphatic heterocycles. The first kappa shape index (κ1) is 12.1. The Hall–Kier alpha value is -1.32. The topological polar surface area (TPSA) is 63.6 Å². The fourth-order valence-corrected chi connectivity index (χ4v) is 3.18. The van der Waals surface area contributed by atoms with Gasteiger partial charge in [-0.1, -0.05) is 12.2 Å². The molecule has 4 heteroatoms. The summed E-state index contributed by atoms with van der Waals surface area (Å²) in [5, 5.41) is 9.29. The van der Waals surface area contributed by atoms with E-state index in [0.29, 0.717) is 13.0 Å². The highest BCUT2D eigenvalue weighted by molar-refractivity contribution is 5.78. The third kappa shape index (κ3) is 2.21. The molecule has 0 aromatic heterocycles. The SMILES string of the molecule is CCOC(=O)[C@@H]1C[C@H]2CCC=C[C@@H]1[C@@H]2C(=O)O. The predicted molar refractivity (Wildman–Crippen MR) is 61.2 cm³/mol. The molecule has 0 unspecified atom stereocenters. The van der Waals surface area contributed by atoms with Gasteiger partial charge >= 0.3 is 11.9 Å². The van der Waals surface area contributed by atoms with Gasteiger partial charge in [-0.05, 0) is 32.1 Å². The van der Waals surface area contributed by atoms with Crippen LogP contribution in [0.25, 0.3) is 0 Å². The van der Waals surface area contributed by atoms with Gasteiger partial charge in [0, 0.05) is 5.92 Å². The van der Waals surface area contributed by atoms with E-state index in [1.807, 2.05) is 12.2 Å². The molecule has 0 heterocycles. The molecule has 1 fully saturated rings. The van der Waals surface area contributed by atoms with E-state index < -0.39 is 11.9 Å². The van der Waals surface area contributed by atoms with Crippen molar-refractivity contribution in [3.63, 3.8) is 0 Å². The summed E-state index contributed by atoms with van der Waals surface area (Å²) in [4.78, 5) is 23.1. The standard InChI is InChI=1S/C13H18O4/c1-2-17-13(16)10-7-8-5-3-4-6-9(10)11(8)12(14)15/h4,6,8-11H,2-3,5,7H2,1H3,(H,14,15)/t8-,9+,10-,11-/m1/s1. The van der Waals surface area contributed by atoms with Crippen molar-refractivity contribution in [2.75, 3.05) is 6.61 Å². The third-order valence-corrected chi connectivity index (χ3v) is 3.88. The lowest BCUT2D eigenvalue weighted by atomic mass is 9.87. The Balaban J connectivity index is 2.21. The van der Waals surface area contributed by atoms with Crippen LogP contribution in [0.2, 0.25) is 0 Å². The second kappa shape index (κ2) is 4.90. The quantitative estimate of drug-likeness (QED) is 0.602. The average molecular weight is 238 g/mol. The first-order valence-electron chi connectivity index (χ1n) is 6.21. The molecule has 0 saturated heterocycles. The first-order chi connectivity index (χ1) is 8.15. The van der Waals surface area contributed by atoms with E-state index in [1.54, 1.807) is 6.92 Å². The van der Waals surface area contributed by atoms with Gasteiger partial charge < -0.3 is 9.84 Å². The molecule has 2 aliphatic rings. The summed E-state index contributed by atoms with van der Waals surface area (Å²) in [5.74, 6) is -1.77. The average Bonchev–Trinajstić information content (AvgIpc) is 2.47. The monoisotopic (exact) mass is 238 g/mol. The lowest BCUT2D eigenvalue weighted by Crippen LogP contribution is -2.27. The molecule has 94 valence electrons. The van der Waals surface area contributed by atoms with E-state index >= 15 is 0 Å². The Morgan fingerprint density at radius 2 is 2.24 bits per heavy atom. The molecule has 4 nitrogen and oxygen atoms in total. The van der Waals surface area contributed by atoms with Crippen LogP contribution in [0.1, 0.15) is 26.2 Å². The molecule has 0 aromatic carbocycles. The van der Waals surface area contributed by atoms with Crippen LogP contribution in [0.15, 0.2) is 12.2 Å². The molecule has 2 rings (SSSR count). The van der Waals surface area contributed by atoms with Gasteiger partial charge in [-0.3, -0.25) is 9.59 Å². The molecule has 17 heavy (non-hydrogen) atoms. The van der Waals surface area contributed by atoms with Crippen molar-refractivity contribution < 1.29 is 19.4 Å². The summed E-state index contributed by atoms with van der Waals surface area (Å²) in [6.45, 7) is 2.13. The van der Waals surface area contributed by atoms with Crippen LogP contribution in [-0.4, -0.2) is 23.7 Å². The van der Waals surface area contributed by atoms with Gasteiger partial charge in [0.15, 0.2) is 0 Å². The van der Waals surface area contributed by atoms with Crippen LogP contribution in [-0.2, 0) is 14.3 Å². The highest BCUT2D eigenvalue weighted by Gasteiger charge is 2.49. The number of allylic oxidation sites excluding steroid dienone is 2. The minimum atomic E-state index is -0.779. The Labute approximate surface area is 101 Å². The number of carboxylic acids is 1. The van der Waals surface area contributed by atoms with Crippen LogP contribution in [0, 0.1) is 23.7 Å². The van der Waals surface area contributed by atoms with Crippen molar-refractivity contribution in [1.82, 2.24) is 0 Å². The molecule has 0 amide bonds. The van der Waals surface area contributed by atoms with Gasteiger partial charge in [-0.25, -0.2) is 0 Å². The van der Waals surface area contributed by atoms with Crippen LogP contribution < -0.4 is 0 Å². The number of carbonyl (C=O) groups excluding carboxylic acids is 1. The maximum atomic E-state index is 11.8. The number of carboxylic acid groups (broad SMARTS) is 1. The molecule has 1 saturated carbocycles. The van der Waals surface area contributed by atoms with E-state index in [1.165, 1.54) is 0 Å². The zero-order valence-electron chi connectivity index (χ0n) is 9.96. The first-order valence-corrected chi connectivity index (χ1v) is 6.21. The van der Waals surface area contributed by atoms with Crippen LogP contribution >= 0.6 is 0 Å². The smallest absolute Gasteiger partial charge is 0.309 e. The van der Waals surface area contributed by atoms with Crippen molar-refractivity contribution in [1.29, 1.82) is 0 Å². The van der Waals surface area contributed by atoms with E-state index in [9.17, 15) is 14.7 Å². The Morgan fingerprint density at radius 3 is 2.88 bits per heavy atom. The summed E-state index contributed by atoms with van der Waals surface area (Å²) >= 11 is 0. The summed E-state index contributed by atoms with van der Waals surface area (Å²) in [6.07, 6.45) is 6.35. The number of rotatable bonds is 3. The highest BCUT2D eigenvalue weighted by Crippen LogP contribution is 2.47. The van der Waals surface area contributed by atoms with Crippen molar-refractivity contribution in [2.45, 2.75) is 26.2 Å². The van der Waals surface area contributed by atoms with E-state index in [2.05, 4.69) is 0 Å². The summed E-state index contributed by atoms with van der Waals surface area (Å²) in [6, 6.07) is 0. The zero-order chi connectivity index (χ0) is 12.4. The second-order valence-corrected chi connectivity index (χ2v) is 4.80. The fraction of sp³-hybridized carbons (Fsp3) is 0.692. The second-order valence-electron chi connectivity index (χ2n) is 4.80. The highest BCUT2D eigenvalue weighted by atomic mass is 16.5. The maximum absolute atomic E-state index is 11.8. The van der Waals surface area contributed by atoms with E-state index in [0.717, 1.165) is 12.8 Å². The van der Waals surface area contributed by atoms with Gasteiger partial charge in [0.05, 0.1) is 18.4 Å². The minimum Gasteiger partial charge on any atom is -0.481 e. The molecule has 0 radical (unpaired) electrons. The van der Waals surface area contributed by atoms with Crippen molar-refractivity contribution in [3.05, 3.63) is 12.2 Å². The van der Waals surface area contributed by atoms with Crippen LogP contribution in [0.3, 0.4) is 0 Å². The van der Waals surface area contributed by atoms with Gasteiger partial charge in [0.2, 0.25) is 0 Å². The fourth-order valence-electron chi connectivity index (χ4n) is 3.18. The van der Waals surface area contributed by atoms with Crippen molar-refractivity contribution in [3.8, 4) is 0 Å². The van der Waals surface area contributed by atoms with Crippen molar-refractivity contribution >= 4 is 11.9 Å². The Morgan fingerprint density at radius 1 is 1.47 bits per heavy atom. The molecule has 2 bridgehead atoms. The van der Waals surface area contributed by atoms with Gasteiger partial charge in [0.25, 0.3) is 0 Å². The molecule has 0 spiro atoms. The van der Waals surface area contributed by atoms with Crippen LogP contribution in [0.4, 0.5) is 0 Å². The molecule has 4 atom stereocenters. The van der Waals surface area contributed by atoms with E-state index in [-0.39, 0.29) is 23.7 Å². The number of ether oxygens (including phenoxy) is 1. The number of hydrogen-bond acceptors (Lipinski definition) is 3. The predicted octanol–water partition coefficient (Wildman–Crippen LogP) is 1.85. The lowest BCUT2D eigenvalue weighted by Gasteiger charge is -2.18. The number of aliphatic carboxylic acids is 1. The lowest BCUT2D eigenvalue weighted by molar-refractivity contribution is -0.149. The molecular weight excluding hydrogens is 220 g/mol. The Kier molecular flexibility index (Phi) is 3.50. The number of fused-ring (bicyclic) bond motifs is 2. The minimum absolute atomic E-state index is 0.113. The Bertz CT molecular complexity index is 347. The number of esters is 1. The molecule has 2 aliphatic carbocycles. The summed E-state index contributed by atoms with van der Waals surface area (Å²) in [7, 11) is 0. The normalized spacial score (nSPS) is 35.4. The molecular formula is C13H18O4. The maximum Gasteiger partial charge on any atom is 0.309 e. The van der Waals surface area contributed by atoms with Crippen LogP contribution in [0.5, 0.6) is 0 Å². The van der Waals surface area contributed by atoms with E-state index in [4.69, 9.17) is 4.74 Å². The number of carbonyl (C=O) groups is 2. The number of hydrogen-bond donors (Lipinski definition) is 1. The largest absolute Gasteiger partial charge is 0.481 e. The van der Waals surface area contributed by atoms with Crippen molar-refractivity contribution in [2.24, 2.45) is 23.7 Å². The van der Waals surface area contributed by atoms with Gasteiger partial charge in [-0.15, -0.1) is 0 Å². The summed E-state index contributed by atoms with van der Waals surface area (Å²) < 4.78 is 5.04. The summed E-state index contributed by atoms with van der Waals surface area (Å²) in [5.41, 5.74) is 0. The molecule has 0 aromatic rings.